The SMILES string of the molecule is COCC(C)(C)Cc1cc(C)cc(C)c1. The van der Waals surface area contributed by atoms with Crippen LogP contribution in [0.1, 0.15) is 30.5 Å². The minimum absolute atomic E-state index is 0.217. The summed E-state index contributed by atoms with van der Waals surface area (Å²) in [6.07, 6.45) is 1.07. The van der Waals surface area contributed by atoms with Crippen LogP contribution < -0.4 is 0 Å². The summed E-state index contributed by atoms with van der Waals surface area (Å²) in [4.78, 5) is 0. The Hall–Kier alpha value is -0.820. The molecule has 1 heteroatoms. The van der Waals surface area contributed by atoms with Crippen LogP contribution >= 0.6 is 0 Å². The van der Waals surface area contributed by atoms with Crippen LogP contribution in [-0.4, -0.2) is 13.7 Å². The topological polar surface area (TPSA) is 9.23 Å². The highest BCUT2D eigenvalue weighted by molar-refractivity contribution is 5.29. The van der Waals surface area contributed by atoms with Crippen molar-refractivity contribution >= 4 is 0 Å². The molecule has 0 heterocycles. The van der Waals surface area contributed by atoms with Gasteiger partial charge >= 0.3 is 0 Å². The monoisotopic (exact) mass is 206 g/mol. The van der Waals surface area contributed by atoms with Gasteiger partial charge in [0.25, 0.3) is 0 Å². The fourth-order valence-corrected chi connectivity index (χ4v) is 2.17. The van der Waals surface area contributed by atoms with Gasteiger partial charge in [0, 0.05) is 7.11 Å². The first-order chi connectivity index (χ1) is 6.93. The molecule has 0 unspecified atom stereocenters. The molecule has 0 atom stereocenters. The molecule has 1 rings (SSSR count). The van der Waals surface area contributed by atoms with Crippen molar-refractivity contribution in [2.24, 2.45) is 5.41 Å². The van der Waals surface area contributed by atoms with Gasteiger partial charge in [-0.2, -0.15) is 0 Å². The zero-order valence-electron chi connectivity index (χ0n) is 10.6. The second-order valence-corrected chi connectivity index (χ2v) is 5.27. The number of rotatable bonds is 4. The van der Waals surface area contributed by atoms with Crippen LogP contribution in [0.15, 0.2) is 18.2 Å². The van der Waals surface area contributed by atoms with E-state index in [2.05, 4.69) is 45.9 Å². The molecule has 15 heavy (non-hydrogen) atoms. The van der Waals surface area contributed by atoms with E-state index in [1.54, 1.807) is 7.11 Å². The second-order valence-electron chi connectivity index (χ2n) is 5.27. The number of aryl methyl sites for hydroxylation is 2. The summed E-state index contributed by atoms with van der Waals surface area (Å²) in [5.74, 6) is 0. The van der Waals surface area contributed by atoms with Gasteiger partial charge in [-0.25, -0.2) is 0 Å². The van der Waals surface area contributed by atoms with Crippen LogP contribution in [0.2, 0.25) is 0 Å². The molecule has 1 aromatic carbocycles. The Kier molecular flexibility index (Phi) is 3.92. The predicted octanol–water partition coefficient (Wildman–Crippen LogP) is 3.52. The van der Waals surface area contributed by atoms with Crippen LogP contribution in [0.25, 0.3) is 0 Å². The maximum absolute atomic E-state index is 5.24. The number of benzene rings is 1. The Bertz CT molecular complexity index is 306. The quantitative estimate of drug-likeness (QED) is 0.732. The Morgan fingerprint density at radius 2 is 1.60 bits per heavy atom. The minimum atomic E-state index is 0.217. The first-order valence-corrected chi connectivity index (χ1v) is 5.49. The average Bonchev–Trinajstić information content (AvgIpc) is 1.99. The van der Waals surface area contributed by atoms with Gasteiger partial charge in [-0.05, 0) is 31.2 Å². The third-order valence-electron chi connectivity index (χ3n) is 2.50. The average molecular weight is 206 g/mol. The molecule has 0 saturated heterocycles. The second kappa shape index (κ2) is 4.80. The van der Waals surface area contributed by atoms with E-state index in [4.69, 9.17) is 4.74 Å². The Labute approximate surface area is 93.5 Å². The van der Waals surface area contributed by atoms with Gasteiger partial charge in [0.15, 0.2) is 0 Å². The molecule has 0 aromatic heterocycles. The number of methoxy groups -OCH3 is 1. The summed E-state index contributed by atoms with van der Waals surface area (Å²) in [7, 11) is 1.77. The van der Waals surface area contributed by atoms with E-state index in [1.165, 1.54) is 16.7 Å². The van der Waals surface area contributed by atoms with E-state index in [9.17, 15) is 0 Å². The standard InChI is InChI=1S/C14H22O/c1-11-6-12(2)8-13(7-11)9-14(3,4)10-15-5/h6-8H,9-10H2,1-5H3. The van der Waals surface area contributed by atoms with Crippen molar-refractivity contribution in [1.29, 1.82) is 0 Å². The molecule has 1 aromatic rings. The van der Waals surface area contributed by atoms with Gasteiger partial charge in [0.05, 0.1) is 6.61 Å². The molecule has 0 N–H and O–H groups in total. The number of hydrogen-bond donors (Lipinski definition) is 0. The normalized spacial score (nSPS) is 11.8. The molecule has 0 aliphatic rings. The maximum Gasteiger partial charge on any atom is 0.0516 e. The smallest absolute Gasteiger partial charge is 0.0516 e. The van der Waals surface area contributed by atoms with Crippen molar-refractivity contribution in [3.8, 4) is 0 Å². The van der Waals surface area contributed by atoms with Crippen LogP contribution in [0.5, 0.6) is 0 Å². The number of ether oxygens (including phenoxy) is 1. The molecule has 0 fully saturated rings. The highest BCUT2D eigenvalue weighted by Gasteiger charge is 2.18. The maximum atomic E-state index is 5.24. The van der Waals surface area contributed by atoms with Crippen molar-refractivity contribution in [2.45, 2.75) is 34.1 Å². The van der Waals surface area contributed by atoms with Gasteiger partial charge in [-0.1, -0.05) is 43.2 Å². The third kappa shape index (κ3) is 4.05. The van der Waals surface area contributed by atoms with Gasteiger partial charge in [-0.15, -0.1) is 0 Å². The van der Waals surface area contributed by atoms with Crippen LogP contribution in [-0.2, 0) is 11.2 Å². The predicted molar refractivity (Wildman–Crippen MR) is 65.3 cm³/mol. The fourth-order valence-electron chi connectivity index (χ4n) is 2.17. The molecule has 1 nitrogen and oxygen atoms in total. The molecule has 0 aliphatic carbocycles. The van der Waals surface area contributed by atoms with E-state index in [0.29, 0.717) is 0 Å². The van der Waals surface area contributed by atoms with E-state index in [1.807, 2.05) is 0 Å². The van der Waals surface area contributed by atoms with Crippen molar-refractivity contribution in [3.05, 3.63) is 34.9 Å². The van der Waals surface area contributed by atoms with Crippen LogP contribution in [0, 0.1) is 19.3 Å². The van der Waals surface area contributed by atoms with Crippen LogP contribution in [0.3, 0.4) is 0 Å². The molecule has 0 amide bonds. The molecule has 0 aliphatic heterocycles. The van der Waals surface area contributed by atoms with E-state index in [-0.39, 0.29) is 5.41 Å². The van der Waals surface area contributed by atoms with E-state index < -0.39 is 0 Å². The summed E-state index contributed by atoms with van der Waals surface area (Å²) in [6, 6.07) is 6.75. The highest BCUT2D eigenvalue weighted by Crippen LogP contribution is 2.23. The molecular weight excluding hydrogens is 184 g/mol. The lowest BCUT2D eigenvalue weighted by Crippen LogP contribution is -2.21. The van der Waals surface area contributed by atoms with E-state index in [0.717, 1.165) is 13.0 Å². The molecule has 0 radical (unpaired) electrons. The van der Waals surface area contributed by atoms with E-state index >= 15 is 0 Å². The third-order valence-corrected chi connectivity index (χ3v) is 2.50. The Balaban J connectivity index is 2.80. The van der Waals surface area contributed by atoms with Gasteiger partial charge in [-0.3, -0.25) is 0 Å². The van der Waals surface area contributed by atoms with Gasteiger partial charge in [0.2, 0.25) is 0 Å². The van der Waals surface area contributed by atoms with Crippen molar-refractivity contribution in [1.82, 2.24) is 0 Å². The van der Waals surface area contributed by atoms with Gasteiger partial charge in [0.1, 0.15) is 0 Å². The van der Waals surface area contributed by atoms with Crippen molar-refractivity contribution in [2.75, 3.05) is 13.7 Å². The molecular formula is C14H22O. The number of hydrogen-bond acceptors (Lipinski definition) is 1. The molecule has 0 spiro atoms. The van der Waals surface area contributed by atoms with Crippen LogP contribution in [0.4, 0.5) is 0 Å². The summed E-state index contributed by atoms with van der Waals surface area (Å²) in [6.45, 7) is 9.60. The largest absolute Gasteiger partial charge is 0.384 e. The Morgan fingerprint density at radius 3 is 2.07 bits per heavy atom. The lowest BCUT2D eigenvalue weighted by atomic mass is 9.86. The van der Waals surface area contributed by atoms with Crippen molar-refractivity contribution < 1.29 is 4.74 Å². The lowest BCUT2D eigenvalue weighted by molar-refractivity contribution is 0.105. The first-order valence-electron chi connectivity index (χ1n) is 5.49. The summed E-state index contributed by atoms with van der Waals surface area (Å²) >= 11 is 0. The molecule has 84 valence electrons. The lowest BCUT2D eigenvalue weighted by Gasteiger charge is -2.24. The summed E-state index contributed by atoms with van der Waals surface area (Å²) in [5, 5.41) is 0. The molecule has 0 bridgehead atoms. The zero-order valence-corrected chi connectivity index (χ0v) is 10.6. The fraction of sp³-hybridized carbons (Fsp3) is 0.571. The van der Waals surface area contributed by atoms with Crippen molar-refractivity contribution in [3.63, 3.8) is 0 Å². The summed E-state index contributed by atoms with van der Waals surface area (Å²) < 4.78 is 5.24. The highest BCUT2D eigenvalue weighted by atomic mass is 16.5. The zero-order chi connectivity index (χ0) is 11.5. The first kappa shape index (κ1) is 12.3. The van der Waals surface area contributed by atoms with Gasteiger partial charge < -0.3 is 4.74 Å². The Morgan fingerprint density at radius 1 is 1.07 bits per heavy atom. The summed E-state index contributed by atoms with van der Waals surface area (Å²) in [5.41, 5.74) is 4.32. The molecule has 0 saturated carbocycles. The minimum Gasteiger partial charge on any atom is -0.384 e.